The zero-order chi connectivity index (χ0) is 22.9. The Morgan fingerprint density at radius 2 is 1.69 bits per heavy atom. The van der Waals surface area contributed by atoms with Crippen molar-refractivity contribution in [2.45, 2.75) is 46.0 Å². The van der Waals surface area contributed by atoms with E-state index in [0.717, 1.165) is 49.0 Å². The highest BCUT2D eigenvalue weighted by Crippen LogP contribution is 2.33. The highest BCUT2D eigenvalue weighted by atomic mass is 16.1. The molecule has 0 fully saturated rings. The van der Waals surface area contributed by atoms with Gasteiger partial charge in [0.2, 0.25) is 0 Å². The number of para-hydroxylation sites is 2. The van der Waals surface area contributed by atoms with E-state index in [1.165, 1.54) is 0 Å². The van der Waals surface area contributed by atoms with Crippen LogP contribution < -0.4 is 10.6 Å². The Morgan fingerprint density at radius 3 is 2.34 bits per heavy atom. The Kier molecular flexibility index (Phi) is 8.20. The number of unbranched alkanes of at least 4 members (excludes halogenated alkanes) is 2. The molecule has 0 amide bonds. The van der Waals surface area contributed by atoms with Crippen LogP contribution in [0.3, 0.4) is 0 Å². The van der Waals surface area contributed by atoms with Gasteiger partial charge in [0.1, 0.15) is 11.4 Å². The van der Waals surface area contributed by atoms with Crippen molar-refractivity contribution in [2.24, 2.45) is 5.92 Å². The fourth-order valence-corrected chi connectivity index (χ4v) is 3.75. The average molecular weight is 429 g/mol. The van der Waals surface area contributed by atoms with Crippen molar-refractivity contribution >= 4 is 29.0 Å². The predicted octanol–water partition coefficient (Wildman–Crippen LogP) is 6.99. The summed E-state index contributed by atoms with van der Waals surface area (Å²) < 4.78 is 0. The van der Waals surface area contributed by atoms with Crippen LogP contribution in [-0.4, -0.2) is 11.6 Å². The number of ketones is 2. The molecule has 0 saturated heterocycles. The smallest absolute Gasteiger partial charge is 0.200 e. The van der Waals surface area contributed by atoms with Crippen molar-refractivity contribution in [3.8, 4) is 0 Å². The fourth-order valence-electron chi connectivity index (χ4n) is 3.75. The number of anilines is 2. The monoisotopic (exact) mass is 428 g/mol. The van der Waals surface area contributed by atoms with Gasteiger partial charge in [0.25, 0.3) is 0 Å². The third-order valence-corrected chi connectivity index (χ3v) is 5.63. The van der Waals surface area contributed by atoms with Crippen LogP contribution >= 0.6 is 0 Å². The number of fused-ring (bicyclic) bond motifs is 1. The fraction of sp³-hybridized carbons (Fsp3) is 0.286. The van der Waals surface area contributed by atoms with Gasteiger partial charge < -0.3 is 10.6 Å². The van der Waals surface area contributed by atoms with Crippen LogP contribution in [0.25, 0.3) is 6.08 Å². The quantitative estimate of drug-likeness (QED) is 0.101. The maximum atomic E-state index is 13.5. The number of carbonyl (C=O) groups excluding carboxylic acids is 2. The molecule has 1 aliphatic heterocycles. The second kappa shape index (κ2) is 11.3. The minimum atomic E-state index is -0.281. The summed E-state index contributed by atoms with van der Waals surface area (Å²) in [6.45, 7) is 7.85. The lowest BCUT2D eigenvalue weighted by Gasteiger charge is -2.15. The molecule has 1 heterocycles. The number of hydrogen-bond donors (Lipinski definition) is 2. The van der Waals surface area contributed by atoms with Crippen molar-refractivity contribution in [1.29, 1.82) is 0 Å². The molecule has 1 atom stereocenters. The number of Topliss-reactive ketones (excluding diaryl/α,β-unsaturated/α-hetero) is 2. The van der Waals surface area contributed by atoms with Gasteiger partial charge in [-0.1, -0.05) is 75.4 Å². The van der Waals surface area contributed by atoms with Gasteiger partial charge in [0, 0.05) is 11.5 Å². The van der Waals surface area contributed by atoms with Crippen LogP contribution in [0.15, 0.2) is 78.7 Å². The number of allylic oxidation sites excluding steroid dienone is 3. The molecular weight excluding hydrogens is 396 g/mol. The summed E-state index contributed by atoms with van der Waals surface area (Å²) in [5.74, 6) is -0.216. The minimum Gasteiger partial charge on any atom is -0.339 e. The second-order valence-corrected chi connectivity index (χ2v) is 8.16. The molecule has 3 rings (SSSR count). The van der Waals surface area contributed by atoms with Crippen molar-refractivity contribution in [2.75, 3.05) is 10.6 Å². The summed E-state index contributed by atoms with van der Waals surface area (Å²) in [5, 5.41) is 6.47. The Bertz CT molecular complexity index is 1020. The normalized spacial score (nSPS) is 13.2. The highest BCUT2D eigenvalue weighted by Gasteiger charge is 2.30. The summed E-state index contributed by atoms with van der Waals surface area (Å²) in [7, 11) is 0. The minimum absolute atomic E-state index is 0.139. The van der Waals surface area contributed by atoms with Crippen LogP contribution in [0.2, 0.25) is 0 Å². The molecule has 0 aromatic heterocycles. The van der Waals surface area contributed by atoms with Crippen LogP contribution in [0.5, 0.6) is 0 Å². The van der Waals surface area contributed by atoms with E-state index in [0.29, 0.717) is 11.4 Å². The van der Waals surface area contributed by atoms with Gasteiger partial charge in [-0.15, -0.1) is 0 Å². The van der Waals surface area contributed by atoms with E-state index < -0.39 is 0 Å². The topological polar surface area (TPSA) is 58.2 Å². The molecule has 32 heavy (non-hydrogen) atoms. The Balaban J connectivity index is 1.86. The predicted molar refractivity (Wildman–Crippen MR) is 134 cm³/mol. The van der Waals surface area contributed by atoms with E-state index >= 15 is 0 Å². The van der Waals surface area contributed by atoms with Crippen LogP contribution in [0.1, 0.15) is 61.9 Å². The summed E-state index contributed by atoms with van der Waals surface area (Å²) in [5.41, 5.74) is 3.21. The van der Waals surface area contributed by atoms with Crippen molar-refractivity contribution < 1.29 is 9.59 Å². The molecule has 4 heteroatoms. The molecular formula is C28H32N2O2. The molecule has 2 aromatic carbocycles. The molecule has 1 unspecified atom stereocenters. The zero-order valence-electron chi connectivity index (χ0n) is 19.0. The first-order valence-corrected chi connectivity index (χ1v) is 11.4. The van der Waals surface area contributed by atoms with Crippen LogP contribution in [0, 0.1) is 5.92 Å². The summed E-state index contributed by atoms with van der Waals surface area (Å²) in [6.07, 6.45) is 10.9. The third-order valence-electron chi connectivity index (χ3n) is 5.63. The molecule has 0 saturated carbocycles. The Hall–Kier alpha value is -3.40. The lowest BCUT2D eigenvalue weighted by atomic mass is 9.89. The SMILES string of the molecule is C=Cc1cccc(C(=O)C(C(=O)C(C)CCC/C=C\CCC)=C2Nc3ccccc3N2)c1. The number of benzene rings is 2. The first kappa shape index (κ1) is 23.3. The third kappa shape index (κ3) is 5.64. The number of nitrogens with one attached hydrogen (secondary N) is 2. The van der Waals surface area contributed by atoms with Gasteiger partial charge in [-0.3, -0.25) is 9.59 Å². The van der Waals surface area contributed by atoms with Crippen LogP contribution in [0.4, 0.5) is 11.4 Å². The summed E-state index contributed by atoms with van der Waals surface area (Å²) in [4.78, 5) is 27.1. The Morgan fingerprint density at radius 1 is 1.00 bits per heavy atom. The van der Waals surface area contributed by atoms with E-state index in [1.807, 2.05) is 43.3 Å². The molecule has 0 aliphatic carbocycles. The lowest BCUT2D eigenvalue weighted by molar-refractivity contribution is -0.118. The van der Waals surface area contributed by atoms with Crippen LogP contribution in [-0.2, 0) is 4.79 Å². The van der Waals surface area contributed by atoms with E-state index in [4.69, 9.17) is 0 Å². The van der Waals surface area contributed by atoms with Crippen molar-refractivity contribution in [3.05, 3.63) is 89.8 Å². The molecule has 0 radical (unpaired) electrons. The lowest BCUT2D eigenvalue weighted by Crippen LogP contribution is -2.25. The molecule has 166 valence electrons. The maximum absolute atomic E-state index is 13.5. The Labute approximate surface area is 191 Å². The van der Waals surface area contributed by atoms with Gasteiger partial charge in [-0.2, -0.15) is 0 Å². The van der Waals surface area contributed by atoms with E-state index in [2.05, 4.69) is 36.3 Å². The number of hydrogen-bond acceptors (Lipinski definition) is 4. The molecule has 4 nitrogen and oxygen atoms in total. The van der Waals surface area contributed by atoms with Gasteiger partial charge >= 0.3 is 0 Å². The zero-order valence-corrected chi connectivity index (χ0v) is 19.0. The summed E-state index contributed by atoms with van der Waals surface area (Å²) in [6, 6.07) is 14.9. The van der Waals surface area contributed by atoms with Crippen molar-refractivity contribution in [1.82, 2.24) is 0 Å². The standard InChI is InChI=1S/C28H32N2O2/c1-4-6-7-8-9-10-14-20(3)26(31)25(27(32)22-16-13-15-21(5-2)19-22)28-29-23-17-11-12-18-24(23)30-28/h5,7-8,11-13,15-20,29-30H,2,4,6,9-10,14H2,1,3H3/b8-7-. The van der Waals surface area contributed by atoms with E-state index in [-0.39, 0.29) is 23.1 Å². The summed E-state index contributed by atoms with van der Waals surface area (Å²) >= 11 is 0. The molecule has 2 aromatic rings. The van der Waals surface area contributed by atoms with Gasteiger partial charge in [-0.05, 0) is 49.4 Å². The molecule has 0 spiro atoms. The van der Waals surface area contributed by atoms with Gasteiger partial charge in [-0.25, -0.2) is 0 Å². The largest absolute Gasteiger partial charge is 0.339 e. The number of carbonyl (C=O) groups is 2. The molecule has 1 aliphatic rings. The molecule has 0 bridgehead atoms. The van der Waals surface area contributed by atoms with Gasteiger partial charge in [0.05, 0.1) is 11.4 Å². The highest BCUT2D eigenvalue weighted by molar-refractivity contribution is 6.28. The first-order valence-electron chi connectivity index (χ1n) is 11.4. The maximum Gasteiger partial charge on any atom is 0.200 e. The molecule has 2 N–H and O–H groups in total. The first-order chi connectivity index (χ1) is 15.5. The van der Waals surface area contributed by atoms with E-state index in [9.17, 15) is 9.59 Å². The van der Waals surface area contributed by atoms with Crippen molar-refractivity contribution in [3.63, 3.8) is 0 Å². The van der Waals surface area contributed by atoms with E-state index in [1.54, 1.807) is 18.2 Å². The second-order valence-electron chi connectivity index (χ2n) is 8.16. The average Bonchev–Trinajstić information content (AvgIpc) is 3.24. The number of rotatable bonds is 11. The van der Waals surface area contributed by atoms with Gasteiger partial charge in [0.15, 0.2) is 11.6 Å².